The number of hydrogen-bond donors (Lipinski definition) is 0. The van der Waals surface area contributed by atoms with Gasteiger partial charge in [0.05, 0.1) is 12.2 Å². The van der Waals surface area contributed by atoms with E-state index in [-0.39, 0.29) is 0 Å². The van der Waals surface area contributed by atoms with Gasteiger partial charge in [0.2, 0.25) is 6.39 Å². The van der Waals surface area contributed by atoms with E-state index < -0.39 is 0 Å². The maximum absolute atomic E-state index is 10.5. The van der Waals surface area contributed by atoms with E-state index in [9.17, 15) is 4.79 Å². The van der Waals surface area contributed by atoms with Crippen LogP contribution in [-0.4, -0.2) is 21.0 Å². The third kappa shape index (κ3) is 1.48. The molecule has 2 aromatic heterocycles. The fourth-order valence-electron chi connectivity index (χ4n) is 1.09. The van der Waals surface area contributed by atoms with Crippen molar-refractivity contribution < 1.29 is 9.32 Å². The number of aldehydes is 1. The monoisotopic (exact) mass is 177 g/mol. The highest BCUT2D eigenvalue weighted by atomic mass is 16.5. The van der Waals surface area contributed by atoms with E-state index in [0.717, 1.165) is 6.29 Å². The van der Waals surface area contributed by atoms with Crippen LogP contribution in [0.2, 0.25) is 0 Å². The number of rotatable bonds is 3. The zero-order chi connectivity index (χ0) is 9.10. The van der Waals surface area contributed by atoms with Crippen LogP contribution < -0.4 is 0 Å². The molecule has 0 saturated carbocycles. The maximum Gasteiger partial charge on any atom is 0.213 e. The summed E-state index contributed by atoms with van der Waals surface area (Å²) in [7, 11) is 0. The van der Waals surface area contributed by atoms with Crippen molar-refractivity contribution in [2.24, 2.45) is 0 Å². The minimum atomic E-state index is 0.456. The summed E-state index contributed by atoms with van der Waals surface area (Å²) in [5.74, 6) is 0.555. The van der Waals surface area contributed by atoms with Crippen LogP contribution in [0.15, 0.2) is 29.2 Å². The van der Waals surface area contributed by atoms with Crippen LogP contribution >= 0.6 is 0 Å². The van der Waals surface area contributed by atoms with Gasteiger partial charge in [0.1, 0.15) is 0 Å². The fourth-order valence-corrected chi connectivity index (χ4v) is 1.09. The van der Waals surface area contributed by atoms with E-state index in [2.05, 4.69) is 14.7 Å². The zero-order valence-electron chi connectivity index (χ0n) is 6.75. The van der Waals surface area contributed by atoms with Crippen LogP contribution in [0.25, 0.3) is 0 Å². The number of carbonyl (C=O) groups excluding carboxylic acids is 1. The predicted molar refractivity (Wildman–Crippen MR) is 43.2 cm³/mol. The van der Waals surface area contributed by atoms with Gasteiger partial charge in [0, 0.05) is 6.20 Å². The first-order valence-electron chi connectivity index (χ1n) is 3.75. The molecular weight excluding hydrogens is 170 g/mol. The average molecular weight is 177 g/mol. The zero-order valence-corrected chi connectivity index (χ0v) is 6.75. The summed E-state index contributed by atoms with van der Waals surface area (Å²) < 4.78 is 6.32. The highest BCUT2D eigenvalue weighted by molar-refractivity contribution is 5.72. The Balaban J connectivity index is 2.23. The number of nitrogens with zero attached hydrogens (tertiary/aromatic N) is 3. The van der Waals surface area contributed by atoms with Crippen LogP contribution in [0.4, 0.5) is 0 Å². The highest BCUT2D eigenvalue weighted by Gasteiger charge is 2.02. The van der Waals surface area contributed by atoms with Crippen LogP contribution in [-0.2, 0) is 6.54 Å². The van der Waals surface area contributed by atoms with Gasteiger partial charge in [-0.2, -0.15) is 4.98 Å². The fraction of sp³-hybridized carbons (Fsp3) is 0.125. The molecular formula is C8H7N3O2. The molecule has 0 aliphatic carbocycles. The molecule has 0 amide bonds. The van der Waals surface area contributed by atoms with Gasteiger partial charge < -0.3 is 9.09 Å². The summed E-state index contributed by atoms with van der Waals surface area (Å²) in [4.78, 5) is 14.4. The van der Waals surface area contributed by atoms with Crippen molar-refractivity contribution >= 4 is 6.29 Å². The van der Waals surface area contributed by atoms with E-state index in [1.165, 1.54) is 6.39 Å². The second kappa shape index (κ2) is 3.22. The smallest absolute Gasteiger partial charge is 0.213 e. The molecule has 13 heavy (non-hydrogen) atoms. The van der Waals surface area contributed by atoms with Gasteiger partial charge in [-0.1, -0.05) is 5.16 Å². The Bertz CT molecular complexity index is 391. The number of aromatic nitrogens is 3. The first kappa shape index (κ1) is 7.72. The maximum atomic E-state index is 10.5. The molecule has 0 bridgehead atoms. The molecule has 66 valence electrons. The molecule has 0 saturated heterocycles. The Morgan fingerprint density at radius 2 is 2.54 bits per heavy atom. The first-order valence-corrected chi connectivity index (χ1v) is 3.75. The number of hydrogen-bond acceptors (Lipinski definition) is 4. The molecule has 0 aliphatic heterocycles. The molecule has 0 N–H and O–H groups in total. The van der Waals surface area contributed by atoms with E-state index in [1.54, 1.807) is 22.9 Å². The second-order valence-electron chi connectivity index (χ2n) is 2.53. The molecule has 0 radical (unpaired) electrons. The molecule has 5 nitrogen and oxygen atoms in total. The highest BCUT2D eigenvalue weighted by Crippen LogP contribution is 2.01. The summed E-state index contributed by atoms with van der Waals surface area (Å²) >= 11 is 0. The van der Waals surface area contributed by atoms with Gasteiger partial charge in [0.25, 0.3) is 0 Å². The van der Waals surface area contributed by atoms with E-state index in [4.69, 9.17) is 0 Å². The van der Waals surface area contributed by atoms with Crippen molar-refractivity contribution in [1.82, 2.24) is 14.7 Å². The lowest BCUT2D eigenvalue weighted by Crippen LogP contribution is -2.03. The lowest BCUT2D eigenvalue weighted by molar-refractivity contribution is 0.111. The van der Waals surface area contributed by atoms with Crippen molar-refractivity contribution in [2.75, 3.05) is 0 Å². The predicted octanol–water partition coefficient (Wildman–Crippen LogP) is 0.732. The molecule has 0 aromatic carbocycles. The Labute approximate surface area is 74.0 Å². The molecule has 5 heteroatoms. The van der Waals surface area contributed by atoms with Gasteiger partial charge >= 0.3 is 0 Å². The van der Waals surface area contributed by atoms with Crippen LogP contribution in [0, 0.1) is 0 Å². The topological polar surface area (TPSA) is 60.9 Å². The van der Waals surface area contributed by atoms with Crippen molar-refractivity contribution in [1.29, 1.82) is 0 Å². The van der Waals surface area contributed by atoms with Gasteiger partial charge in [-0.15, -0.1) is 0 Å². The van der Waals surface area contributed by atoms with Gasteiger partial charge in [0.15, 0.2) is 12.1 Å². The summed E-state index contributed by atoms with van der Waals surface area (Å²) in [5.41, 5.74) is 0.602. The SMILES string of the molecule is O=Cc1cccn1Cc1ncon1. The molecule has 0 aliphatic rings. The lowest BCUT2D eigenvalue weighted by Gasteiger charge is -1.99. The Morgan fingerprint density at radius 1 is 1.62 bits per heavy atom. The van der Waals surface area contributed by atoms with Crippen LogP contribution in [0.3, 0.4) is 0 Å². The minimum absolute atomic E-state index is 0.456. The average Bonchev–Trinajstić information content (AvgIpc) is 2.76. The standard InChI is InChI=1S/C8H7N3O2/c12-5-7-2-1-3-11(7)4-8-9-6-13-10-8/h1-3,5-6H,4H2. The van der Waals surface area contributed by atoms with Crippen LogP contribution in [0.5, 0.6) is 0 Å². The summed E-state index contributed by atoms with van der Waals surface area (Å²) in [5, 5.41) is 3.64. The van der Waals surface area contributed by atoms with Gasteiger partial charge in [-0.05, 0) is 12.1 Å². The van der Waals surface area contributed by atoms with E-state index in [0.29, 0.717) is 18.1 Å². The summed E-state index contributed by atoms with van der Waals surface area (Å²) in [6, 6.07) is 3.52. The minimum Gasteiger partial charge on any atom is -0.343 e. The second-order valence-corrected chi connectivity index (χ2v) is 2.53. The van der Waals surface area contributed by atoms with Crippen molar-refractivity contribution in [3.63, 3.8) is 0 Å². The normalized spacial score (nSPS) is 10.2. The Hall–Kier alpha value is -1.91. The third-order valence-electron chi connectivity index (χ3n) is 1.70. The molecule has 2 rings (SSSR count). The molecule has 0 spiro atoms. The molecule has 0 fully saturated rings. The Morgan fingerprint density at radius 3 is 3.23 bits per heavy atom. The first-order chi connectivity index (χ1) is 6.40. The summed E-state index contributed by atoms with van der Waals surface area (Å²) in [6.07, 6.45) is 3.85. The van der Waals surface area contributed by atoms with Gasteiger partial charge in [-0.3, -0.25) is 4.79 Å². The van der Waals surface area contributed by atoms with E-state index >= 15 is 0 Å². The Kier molecular flexibility index (Phi) is 1.91. The molecule has 0 unspecified atom stereocenters. The summed E-state index contributed by atoms with van der Waals surface area (Å²) in [6.45, 7) is 0.456. The van der Waals surface area contributed by atoms with Crippen molar-refractivity contribution in [2.45, 2.75) is 6.54 Å². The third-order valence-corrected chi connectivity index (χ3v) is 1.70. The molecule has 2 heterocycles. The van der Waals surface area contributed by atoms with Crippen LogP contribution in [0.1, 0.15) is 16.3 Å². The largest absolute Gasteiger partial charge is 0.343 e. The number of carbonyl (C=O) groups is 1. The van der Waals surface area contributed by atoms with Crippen molar-refractivity contribution in [3.05, 3.63) is 36.2 Å². The van der Waals surface area contributed by atoms with E-state index in [1.807, 2.05) is 0 Å². The quantitative estimate of drug-likeness (QED) is 0.648. The molecule has 2 aromatic rings. The van der Waals surface area contributed by atoms with Crippen molar-refractivity contribution in [3.8, 4) is 0 Å². The lowest BCUT2D eigenvalue weighted by atomic mass is 10.4. The van der Waals surface area contributed by atoms with Gasteiger partial charge in [-0.25, -0.2) is 0 Å². The molecule has 0 atom stereocenters.